The molecule has 2 rings (SSSR count). The van der Waals surface area contributed by atoms with Gasteiger partial charge in [-0.1, -0.05) is 60.7 Å². The molecule has 0 aliphatic heterocycles. The predicted molar refractivity (Wildman–Crippen MR) is 118 cm³/mol. The number of alkyl carbamates (subject to hydrolysis) is 1. The minimum Gasteiger partial charge on any atom is -0.461 e. The van der Waals surface area contributed by atoms with Crippen molar-refractivity contribution in [3.05, 3.63) is 71.8 Å². The lowest BCUT2D eigenvalue weighted by Gasteiger charge is -2.23. The van der Waals surface area contributed by atoms with E-state index < -0.39 is 29.6 Å². The van der Waals surface area contributed by atoms with Crippen LogP contribution in [0.15, 0.2) is 60.7 Å². The van der Waals surface area contributed by atoms with E-state index >= 15 is 0 Å². The lowest BCUT2D eigenvalue weighted by atomic mass is 10.1. The Bertz CT molecular complexity index is 865. The Balaban J connectivity index is 1.87. The molecule has 0 aromatic heterocycles. The molecule has 0 aliphatic rings. The highest BCUT2D eigenvalue weighted by Gasteiger charge is 2.25. The normalized spacial score (nSPS) is 11.8. The van der Waals surface area contributed by atoms with Gasteiger partial charge in [-0.05, 0) is 38.3 Å². The van der Waals surface area contributed by atoms with Crippen molar-refractivity contribution in [2.45, 2.75) is 58.5 Å². The average Bonchev–Trinajstić information content (AvgIpc) is 2.75. The van der Waals surface area contributed by atoms with E-state index in [0.29, 0.717) is 0 Å². The molecule has 0 aliphatic carbocycles. The first-order chi connectivity index (χ1) is 15.2. The molecular formula is C24H30N2O6. The van der Waals surface area contributed by atoms with Gasteiger partial charge in [-0.15, -0.1) is 0 Å². The topological polar surface area (TPSA) is 103 Å². The van der Waals surface area contributed by atoms with Gasteiger partial charge in [-0.25, -0.2) is 10.3 Å². The van der Waals surface area contributed by atoms with Crippen LogP contribution in [0.5, 0.6) is 0 Å². The van der Waals surface area contributed by atoms with Crippen molar-refractivity contribution in [1.82, 2.24) is 10.8 Å². The van der Waals surface area contributed by atoms with Crippen LogP contribution in [0.3, 0.4) is 0 Å². The summed E-state index contributed by atoms with van der Waals surface area (Å²) in [7, 11) is 0. The number of amides is 2. The van der Waals surface area contributed by atoms with Crippen molar-refractivity contribution < 1.29 is 28.7 Å². The standard InChI is InChI=1S/C24H30N2O6/c1-24(2,3)32-23(29)25-20(22(28)26-31-17-19-12-8-5-9-13-19)14-15-21(27)30-16-18-10-6-4-7-11-18/h4-13,20H,14-17H2,1-3H3,(H,25,29)(H,26,28)/t20-/m1/s1. The first-order valence-corrected chi connectivity index (χ1v) is 10.4. The quantitative estimate of drug-likeness (QED) is 0.430. The van der Waals surface area contributed by atoms with E-state index in [-0.39, 0.29) is 26.1 Å². The molecule has 8 heteroatoms. The van der Waals surface area contributed by atoms with Gasteiger partial charge in [0.1, 0.15) is 18.2 Å². The minimum atomic E-state index is -1.04. The zero-order valence-electron chi connectivity index (χ0n) is 18.6. The number of hydrogen-bond acceptors (Lipinski definition) is 6. The second kappa shape index (κ2) is 12.5. The third-order valence-electron chi connectivity index (χ3n) is 4.14. The molecule has 0 spiro atoms. The summed E-state index contributed by atoms with van der Waals surface area (Å²) in [6.07, 6.45) is -0.814. The molecule has 32 heavy (non-hydrogen) atoms. The average molecular weight is 443 g/mol. The van der Waals surface area contributed by atoms with E-state index in [1.54, 1.807) is 20.8 Å². The molecule has 2 aromatic carbocycles. The van der Waals surface area contributed by atoms with Crippen molar-refractivity contribution in [3.8, 4) is 0 Å². The zero-order chi connectivity index (χ0) is 23.4. The third-order valence-corrected chi connectivity index (χ3v) is 4.14. The van der Waals surface area contributed by atoms with Crippen molar-refractivity contribution in [3.63, 3.8) is 0 Å². The number of rotatable bonds is 10. The molecule has 2 amide bonds. The Morgan fingerprint density at radius 1 is 0.875 bits per heavy atom. The Morgan fingerprint density at radius 3 is 2.00 bits per heavy atom. The molecule has 0 bridgehead atoms. The van der Waals surface area contributed by atoms with E-state index in [4.69, 9.17) is 14.3 Å². The first kappa shape index (κ1) is 24.9. The number of carbonyl (C=O) groups excluding carboxylic acids is 3. The second-order valence-electron chi connectivity index (χ2n) is 8.12. The molecule has 0 heterocycles. The van der Waals surface area contributed by atoms with Crippen LogP contribution in [0.2, 0.25) is 0 Å². The van der Waals surface area contributed by atoms with Crippen LogP contribution in [0.25, 0.3) is 0 Å². The van der Waals surface area contributed by atoms with Crippen LogP contribution < -0.4 is 10.8 Å². The number of hydrogen-bond donors (Lipinski definition) is 2. The van der Waals surface area contributed by atoms with E-state index in [2.05, 4.69) is 10.8 Å². The van der Waals surface area contributed by atoms with Gasteiger partial charge in [0, 0.05) is 6.42 Å². The van der Waals surface area contributed by atoms with Crippen molar-refractivity contribution in [1.29, 1.82) is 0 Å². The number of esters is 1. The molecule has 172 valence electrons. The maximum absolute atomic E-state index is 12.6. The third kappa shape index (κ3) is 10.1. The van der Waals surface area contributed by atoms with Crippen LogP contribution in [-0.2, 0) is 37.1 Å². The monoisotopic (exact) mass is 442 g/mol. The van der Waals surface area contributed by atoms with Gasteiger partial charge in [-0.3, -0.25) is 14.4 Å². The van der Waals surface area contributed by atoms with Gasteiger partial charge in [0.15, 0.2) is 0 Å². The molecule has 0 saturated heterocycles. The molecule has 0 unspecified atom stereocenters. The van der Waals surface area contributed by atoms with Crippen molar-refractivity contribution in [2.75, 3.05) is 0 Å². The maximum atomic E-state index is 12.6. The Hall–Kier alpha value is -3.39. The van der Waals surface area contributed by atoms with Gasteiger partial charge in [-0.2, -0.15) is 0 Å². The molecule has 2 N–H and O–H groups in total. The van der Waals surface area contributed by atoms with Crippen LogP contribution >= 0.6 is 0 Å². The fraction of sp³-hybridized carbons (Fsp3) is 0.375. The lowest BCUT2D eigenvalue weighted by Crippen LogP contribution is -2.48. The summed E-state index contributed by atoms with van der Waals surface area (Å²) in [6, 6.07) is 17.5. The van der Waals surface area contributed by atoms with E-state index in [0.717, 1.165) is 11.1 Å². The van der Waals surface area contributed by atoms with E-state index in [9.17, 15) is 14.4 Å². The number of ether oxygens (including phenoxy) is 2. The van der Waals surface area contributed by atoms with Crippen molar-refractivity contribution >= 4 is 18.0 Å². The second-order valence-corrected chi connectivity index (χ2v) is 8.12. The number of carbonyl (C=O) groups is 3. The van der Waals surface area contributed by atoms with Gasteiger partial charge in [0.25, 0.3) is 5.91 Å². The zero-order valence-corrected chi connectivity index (χ0v) is 18.6. The smallest absolute Gasteiger partial charge is 0.408 e. The Kier molecular flexibility index (Phi) is 9.69. The SMILES string of the molecule is CC(C)(C)OC(=O)N[C@H](CCC(=O)OCc1ccccc1)C(=O)NOCc1ccccc1. The molecule has 0 saturated carbocycles. The summed E-state index contributed by atoms with van der Waals surface area (Å²) < 4.78 is 10.5. The number of hydroxylamine groups is 1. The Morgan fingerprint density at radius 2 is 1.44 bits per heavy atom. The number of nitrogens with one attached hydrogen (secondary N) is 2. The first-order valence-electron chi connectivity index (χ1n) is 10.4. The van der Waals surface area contributed by atoms with Crippen LogP contribution in [0.4, 0.5) is 4.79 Å². The van der Waals surface area contributed by atoms with Crippen LogP contribution in [0.1, 0.15) is 44.7 Å². The van der Waals surface area contributed by atoms with Crippen molar-refractivity contribution in [2.24, 2.45) is 0 Å². The summed E-state index contributed by atoms with van der Waals surface area (Å²) in [5.74, 6) is -1.08. The van der Waals surface area contributed by atoms with Gasteiger partial charge >= 0.3 is 12.1 Å². The number of benzene rings is 2. The highest BCUT2D eigenvalue weighted by molar-refractivity contribution is 5.85. The summed E-state index contributed by atoms with van der Waals surface area (Å²) in [4.78, 5) is 42.1. The minimum absolute atomic E-state index is 0.0212. The van der Waals surface area contributed by atoms with Gasteiger partial charge in [0.05, 0.1) is 6.61 Å². The molecule has 0 radical (unpaired) electrons. The van der Waals surface area contributed by atoms with E-state index in [1.807, 2.05) is 60.7 Å². The molecule has 2 aromatic rings. The maximum Gasteiger partial charge on any atom is 0.408 e. The fourth-order valence-electron chi connectivity index (χ4n) is 2.63. The summed E-state index contributed by atoms with van der Waals surface area (Å²) in [5.41, 5.74) is 3.31. The summed E-state index contributed by atoms with van der Waals surface area (Å²) in [5, 5.41) is 2.49. The molecule has 1 atom stereocenters. The van der Waals surface area contributed by atoms with Gasteiger partial charge in [0.2, 0.25) is 0 Å². The van der Waals surface area contributed by atoms with Crippen LogP contribution in [-0.4, -0.2) is 29.6 Å². The summed E-state index contributed by atoms with van der Waals surface area (Å²) in [6.45, 7) is 5.43. The summed E-state index contributed by atoms with van der Waals surface area (Å²) >= 11 is 0. The predicted octanol–water partition coefficient (Wildman–Crippen LogP) is 3.65. The van der Waals surface area contributed by atoms with Crippen LogP contribution in [0, 0.1) is 0 Å². The molecule has 8 nitrogen and oxygen atoms in total. The lowest BCUT2D eigenvalue weighted by molar-refractivity contribution is -0.145. The van der Waals surface area contributed by atoms with E-state index in [1.165, 1.54) is 0 Å². The molecule has 0 fully saturated rings. The fourth-order valence-corrected chi connectivity index (χ4v) is 2.63. The molecular weight excluding hydrogens is 412 g/mol. The highest BCUT2D eigenvalue weighted by atomic mass is 16.7. The highest BCUT2D eigenvalue weighted by Crippen LogP contribution is 2.09. The largest absolute Gasteiger partial charge is 0.461 e. The Labute approximate surface area is 188 Å². The van der Waals surface area contributed by atoms with Gasteiger partial charge < -0.3 is 14.8 Å².